The van der Waals surface area contributed by atoms with Crippen LogP contribution in [-0.2, 0) is 4.79 Å². The number of fused-ring (bicyclic) bond motifs is 1. The Hall–Kier alpha value is -3.93. The van der Waals surface area contributed by atoms with Crippen LogP contribution < -0.4 is 24.8 Å². The molecule has 6 nitrogen and oxygen atoms in total. The van der Waals surface area contributed by atoms with E-state index in [0.29, 0.717) is 24.3 Å². The number of anilines is 2. The van der Waals surface area contributed by atoms with E-state index in [1.807, 2.05) is 80.6 Å². The standard InChI is InChI=1S/C30H32N2O4/c1-18(2)36-26-12-8-5-9-21(26)30-29-24(31-22-10-6-7-11-23(22)32-30)15-20(16-25(29)33)19-13-14-27(34-3)28(17-19)35-4/h5-14,17-18,20,30-32H,15-16H2,1-4H3. The van der Waals surface area contributed by atoms with Gasteiger partial charge >= 0.3 is 0 Å². The molecule has 0 bridgehead atoms. The Morgan fingerprint density at radius 2 is 1.56 bits per heavy atom. The van der Waals surface area contributed by atoms with Gasteiger partial charge in [0.25, 0.3) is 0 Å². The summed E-state index contributed by atoms with van der Waals surface area (Å²) >= 11 is 0. The summed E-state index contributed by atoms with van der Waals surface area (Å²) in [5.74, 6) is 2.27. The second kappa shape index (κ2) is 9.97. The van der Waals surface area contributed by atoms with Crippen molar-refractivity contribution in [3.8, 4) is 17.2 Å². The van der Waals surface area contributed by atoms with Crippen molar-refractivity contribution in [3.63, 3.8) is 0 Å². The van der Waals surface area contributed by atoms with Crippen molar-refractivity contribution in [2.24, 2.45) is 0 Å². The maximum Gasteiger partial charge on any atom is 0.163 e. The van der Waals surface area contributed by atoms with Crippen LogP contribution in [0.5, 0.6) is 17.2 Å². The molecule has 0 aromatic heterocycles. The van der Waals surface area contributed by atoms with E-state index >= 15 is 0 Å². The number of Topliss-reactive ketones (excluding diaryl/α,β-unsaturated/α-hetero) is 1. The number of allylic oxidation sites excluding steroid dienone is 1. The zero-order valence-electron chi connectivity index (χ0n) is 21.1. The topological polar surface area (TPSA) is 68.8 Å². The molecule has 3 aromatic rings. The molecular weight excluding hydrogens is 452 g/mol. The molecule has 2 N–H and O–H groups in total. The number of carbonyl (C=O) groups is 1. The number of rotatable bonds is 6. The number of hydrogen-bond donors (Lipinski definition) is 2. The van der Waals surface area contributed by atoms with Gasteiger partial charge in [-0.1, -0.05) is 36.4 Å². The van der Waals surface area contributed by atoms with Crippen molar-refractivity contribution in [2.45, 2.75) is 44.8 Å². The molecule has 1 aliphatic carbocycles. The van der Waals surface area contributed by atoms with Crippen LogP contribution in [0, 0.1) is 0 Å². The molecule has 0 spiro atoms. The molecule has 0 fully saturated rings. The predicted molar refractivity (Wildman–Crippen MR) is 142 cm³/mol. The third kappa shape index (κ3) is 4.51. The fraction of sp³-hybridized carbons (Fsp3) is 0.300. The van der Waals surface area contributed by atoms with Crippen LogP contribution in [0.3, 0.4) is 0 Å². The van der Waals surface area contributed by atoms with Gasteiger partial charge in [0.2, 0.25) is 0 Å². The van der Waals surface area contributed by atoms with Crippen molar-refractivity contribution in [2.75, 3.05) is 24.9 Å². The van der Waals surface area contributed by atoms with E-state index in [4.69, 9.17) is 14.2 Å². The average Bonchev–Trinajstić information content (AvgIpc) is 3.05. The van der Waals surface area contributed by atoms with Crippen molar-refractivity contribution in [3.05, 3.63) is 89.1 Å². The molecular formula is C30H32N2O4. The van der Waals surface area contributed by atoms with Gasteiger partial charge in [-0.15, -0.1) is 0 Å². The average molecular weight is 485 g/mol. The van der Waals surface area contributed by atoms with E-state index in [2.05, 4.69) is 10.6 Å². The molecule has 2 atom stereocenters. The van der Waals surface area contributed by atoms with E-state index in [0.717, 1.165) is 39.5 Å². The minimum absolute atomic E-state index is 0.0206. The molecule has 3 aromatic carbocycles. The number of methoxy groups -OCH3 is 2. The maximum absolute atomic E-state index is 13.9. The summed E-state index contributed by atoms with van der Waals surface area (Å²) in [5, 5.41) is 7.25. The largest absolute Gasteiger partial charge is 0.493 e. The molecule has 36 heavy (non-hydrogen) atoms. The quantitative estimate of drug-likeness (QED) is 0.418. The predicted octanol–water partition coefficient (Wildman–Crippen LogP) is 6.47. The lowest BCUT2D eigenvalue weighted by Crippen LogP contribution is -2.27. The SMILES string of the molecule is COc1ccc(C2CC(=O)C3=C(C2)Nc2ccccc2NC3c2ccccc2OC(C)C)cc1OC. The van der Waals surface area contributed by atoms with Gasteiger partial charge in [-0.3, -0.25) is 4.79 Å². The van der Waals surface area contributed by atoms with Crippen LogP contribution in [0.4, 0.5) is 11.4 Å². The van der Waals surface area contributed by atoms with Crippen molar-refractivity contribution >= 4 is 17.2 Å². The highest BCUT2D eigenvalue weighted by molar-refractivity contribution is 6.01. The van der Waals surface area contributed by atoms with E-state index < -0.39 is 0 Å². The third-order valence-corrected chi connectivity index (χ3v) is 6.78. The summed E-state index contributed by atoms with van der Waals surface area (Å²) in [6.07, 6.45) is 1.14. The van der Waals surface area contributed by atoms with Crippen LogP contribution in [0.15, 0.2) is 78.0 Å². The molecule has 186 valence electrons. The first-order valence-corrected chi connectivity index (χ1v) is 12.3. The minimum Gasteiger partial charge on any atom is -0.493 e. The number of ketones is 1. The Balaban J connectivity index is 1.60. The Morgan fingerprint density at radius 3 is 2.31 bits per heavy atom. The molecule has 6 heteroatoms. The summed E-state index contributed by atoms with van der Waals surface area (Å²) in [6, 6.07) is 21.6. The first-order valence-electron chi connectivity index (χ1n) is 12.3. The molecule has 2 unspecified atom stereocenters. The highest BCUT2D eigenvalue weighted by atomic mass is 16.5. The number of carbonyl (C=O) groups excluding carboxylic acids is 1. The number of benzene rings is 3. The number of para-hydroxylation sites is 3. The first-order chi connectivity index (χ1) is 17.5. The third-order valence-electron chi connectivity index (χ3n) is 6.78. The highest BCUT2D eigenvalue weighted by Gasteiger charge is 2.37. The maximum atomic E-state index is 13.9. The van der Waals surface area contributed by atoms with Gasteiger partial charge in [0.15, 0.2) is 17.3 Å². The Bertz CT molecular complexity index is 1310. The zero-order chi connectivity index (χ0) is 25.2. The molecule has 0 saturated heterocycles. The monoisotopic (exact) mass is 484 g/mol. The van der Waals surface area contributed by atoms with E-state index in [1.165, 1.54) is 0 Å². The lowest BCUT2D eigenvalue weighted by Gasteiger charge is -2.31. The molecule has 0 amide bonds. The fourth-order valence-corrected chi connectivity index (χ4v) is 5.15. The van der Waals surface area contributed by atoms with Crippen LogP contribution in [0.25, 0.3) is 0 Å². The minimum atomic E-state index is -0.329. The van der Waals surface area contributed by atoms with Crippen LogP contribution in [-0.4, -0.2) is 26.1 Å². The number of hydrogen-bond acceptors (Lipinski definition) is 6. The van der Waals surface area contributed by atoms with Gasteiger partial charge in [-0.2, -0.15) is 0 Å². The zero-order valence-corrected chi connectivity index (χ0v) is 21.1. The smallest absolute Gasteiger partial charge is 0.163 e. The summed E-state index contributed by atoms with van der Waals surface area (Å²) in [7, 11) is 3.25. The number of nitrogens with one attached hydrogen (secondary N) is 2. The lowest BCUT2D eigenvalue weighted by atomic mass is 9.78. The fourth-order valence-electron chi connectivity index (χ4n) is 5.15. The van der Waals surface area contributed by atoms with Gasteiger partial charge in [0, 0.05) is 23.3 Å². The Kier molecular flexibility index (Phi) is 6.59. The Morgan fingerprint density at radius 1 is 0.833 bits per heavy atom. The highest BCUT2D eigenvalue weighted by Crippen LogP contribution is 2.46. The number of ether oxygens (including phenoxy) is 3. The van der Waals surface area contributed by atoms with Gasteiger partial charge in [-0.05, 0) is 62.1 Å². The summed E-state index contributed by atoms with van der Waals surface area (Å²) in [5.41, 5.74) is 5.62. The van der Waals surface area contributed by atoms with E-state index in [9.17, 15) is 4.79 Å². The van der Waals surface area contributed by atoms with Crippen molar-refractivity contribution < 1.29 is 19.0 Å². The van der Waals surface area contributed by atoms with Crippen molar-refractivity contribution in [1.29, 1.82) is 0 Å². The summed E-state index contributed by atoms with van der Waals surface area (Å²) < 4.78 is 17.1. The summed E-state index contributed by atoms with van der Waals surface area (Å²) in [4.78, 5) is 13.9. The van der Waals surface area contributed by atoms with Crippen LogP contribution in [0.2, 0.25) is 0 Å². The lowest BCUT2D eigenvalue weighted by molar-refractivity contribution is -0.116. The first kappa shape index (κ1) is 23.8. The van der Waals surface area contributed by atoms with E-state index in [1.54, 1.807) is 14.2 Å². The summed E-state index contributed by atoms with van der Waals surface area (Å²) in [6.45, 7) is 4.02. The molecule has 0 saturated carbocycles. The van der Waals surface area contributed by atoms with Gasteiger partial charge in [0.05, 0.1) is 37.7 Å². The van der Waals surface area contributed by atoms with Crippen molar-refractivity contribution in [1.82, 2.24) is 0 Å². The molecule has 1 aliphatic heterocycles. The Labute approximate surface area is 212 Å². The second-order valence-corrected chi connectivity index (χ2v) is 9.49. The van der Waals surface area contributed by atoms with Crippen LogP contribution >= 0.6 is 0 Å². The molecule has 1 heterocycles. The molecule has 5 rings (SSSR count). The van der Waals surface area contributed by atoms with Gasteiger partial charge < -0.3 is 24.8 Å². The second-order valence-electron chi connectivity index (χ2n) is 9.49. The van der Waals surface area contributed by atoms with Gasteiger partial charge in [0.1, 0.15) is 5.75 Å². The van der Waals surface area contributed by atoms with E-state index in [-0.39, 0.29) is 23.8 Å². The normalized spacial score (nSPS) is 19.0. The van der Waals surface area contributed by atoms with Crippen LogP contribution in [0.1, 0.15) is 49.8 Å². The molecule has 2 aliphatic rings. The van der Waals surface area contributed by atoms with Gasteiger partial charge in [-0.25, -0.2) is 0 Å². The molecule has 0 radical (unpaired) electrons.